The molecule has 25 heavy (non-hydrogen) atoms. The summed E-state index contributed by atoms with van der Waals surface area (Å²) in [7, 11) is 0. The molecule has 0 saturated carbocycles. The van der Waals surface area contributed by atoms with E-state index in [0.29, 0.717) is 10.6 Å². The number of rotatable bonds is 4. The van der Waals surface area contributed by atoms with Crippen molar-refractivity contribution in [2.24, 2.45) is 0 Å². The van der Waals surface area contributed by atoms with Crippen LogP contribution in [0.25, 0.3) is 11.1 Å². The van der Waals surface area contributed by atoms with Crippen LogP contribution < -0.4 is 4.74 Å². The largest absolute Gasteiger partial charge is 0.483 e. The van der Waals surface area contributed by atoms with Gasteiger partial charge in [0.15, 0.2) is 17.4 Å². The molecule has 1 nitrogen and oxygen atoms in total. The third-order valence-electron chi connectivity index (χ3n) is 3.58. The summed E-state index contributed by atoms with van der Waals surface area (Å²) in [5, 5.41) is 0.327. The Labute approximate surface area is 146 Å². The van der Waals surface area contributed by atoms with Gasteiger partial charge in [-0.1, -0.05) is 54.1 Å². The fourth-order valence-electron chi connectivity index (χ4n) is 2.34. The van der Waals surface area contributed by atoms with Gasteiger partial charge in [-0.2, -0.15) is 8.78 Å². The fourth-order valence-corrected chi connectivity index (χ4v) is 2.46. The van der Waals surface area contributed by atoms with Crippen LogP contribution in [0.5, 0.6) is 5.75 Å². The molecule has 3 aromatic rings. The van der Waals surface area contributed by atoms with Crippen molar-refractivity contribution in [3.05, 3.63) is 88.5 Å². The average Bonchev–Trinajstić information content (AvgIpc) is 2.63. The molecule has 128 valence electrons. The maximum absolute atomic E-state index is 14.3. The minimum absolute atomic E-state index is 0.0354. The van der Waals surface area contributed by atoms with Crippen LogP contribution in [0.3, 0.4) is 0 Å². The summed E-state index contributed by atoms with van der Waals surface area (Å²) < 4.78 is 62.1. The summed E-state index contributed by atoms with van der Waals surface area (Å²) in [6.45, 7) is -0.228. The van der Waals surface area contributed by atoms with E-state index < -0.39 is 34.6 Å². The highest BCUT2D eigenvalue weighted by Gasteiger charge is 2.27. The van der Waals surface area contributed by atoms with Crippen LogP contribution in [0, 0.1) is 23.3 Å². The summed E-state index contributed by atoms with van der Waals surface area (Å²) in [6.07, 6.45) is 0. The van der Waals surface area contributed by atoms with E-state index in [1.807, 2.05) is 0 Å². The summed E-state index contributed by atoms with van der Waals surface area (Å²) >= 11 is 5.71. The fraction of sp³-hybridized carbons (Fsp3) is 0.0526. The Kier molecular flexibility index (Phi) is 4.95. The monoisotopic (exact) mass is 366 g/mol. The Hall–Kier alpha value is -2.53. The van der Waals surface area contributed by atoms with Gasteiger partial charge in [0.25, 0.3) is 0 Å². The predicted molar refractivity (Wildman–Crippen MR) is 87.5 cm³/mol. The number of hydrogen-bond donors (Lipinski definition) is 0. The van der Waals surface area contributed by atoms with Gasteiger partial charge in [0, 0.05) is 5.02 Å². The van der Waals surface area contributed by atoms with Crippen LogP contribution in [-0.2, 0) is 6.61 Å². The minimum Gasteiger partial charge on any atom is -0.483 e. The van der Waals surface area contributed by atoms with Gasteiger partial charge in [0.1, 0.15) is 6.61 Å². The van der Waals surface area contributed by atoms with E-state index in [9.17, 15) is 17.6 Å². The molecular weight excluding hydrogens is 356 g/mol. The molecular formula is C19H11ClF4O. The second-order valence-electron chi connectivity index (χ2n) is 5.24. The van der Waals surface area contributed by atoms with E-state index in [1.54, 1.807) is 30.3 Å². The van der Waals surface area contributed by atoms with Gasteiger partial charge in [0.05, 0.1) is 5.56 Å². The van der Waals surface area contributed by atoms with Crippen molar-refractivity contribution in [1.29, 1.82) is 0 Å². The maximum Gasteiger partial charge on any atom is 0.204 e. The van der Waals surface area contributed by atoms with Crippen molar-refractivity contribution in [2.75, 3.05) is 0 Å². The molecule has 0 bridgehead atoms. The zero-order valence-corrected chi connectivity index (χ0v) is 13.5. The second-order valence-corrected chi connectivity index (χ2v) is 5.68. The van der Waals surface area contributed by atoms with E-state index >= 15 is 0 Å². The molecule has 3 aromatic carbocycles. The molecule has 0 radical (unpaired) electrons. The van der Waals surface area contributed by atoms with Crippen LogP contribution in [0.4, 0.5) is 17.6 Å². The van der Waals surface area contributed by atoms with Crippen molar-refractivity contribution >= 4 is 11.6 Å². The van der Waals surface area contributed by atoms with E-state index in [1.165, 1.54) is 24.3 Å². The van der Waals surface area contributed by atoms with Gasteiger partial charge in [-0.05, 0) is 23.3 Å². The smallest absolute Gasteiger partial charge is 0.204 e. The first-order valence-corrected chi connectivity index (χ1v) is 7.65. The zero-order chi connectivity index (χ0) is 18.0. The lowest BCUT2D eigenvalue weighted by atomic mass is 10.0. The third-order valence-corrected chi connectivity index (χ3v) is 3.83. The maximum atomic E-state index is 14.3. The SMILES string of the molecule is Fc1c(F)c(-c2ccc(Cl)cc2)c(F)c(F)c1OCc1ccccc1. The molecule has 0 aliphatic carbocycles. The standard InChI is InChI=1S/C19H11ClF4O/c20-13-8-6-12(7-9-13)14-15(21)17(23)19(18(24)16(14)22)25-10-11-4-2-1-3-5-11/h1-9H,10H2. The molecule has 0 amide bonds. The highest BCUT2D eigenvalue weighted by atomic mass is 35.5. The van der Waals surface area contributed by atoms with Gasteiger partial charge >= 0.3 is 0 Å². The summed E-state index contributed by atoms with van der Waals surface area (Å²) in [4.78, 5) is 0. The molecule has 0 spiro atoms. The average molecular weight is 367 g/mol. The van der Waals surface area contributed by atoms with Gasteiger partial charge in [-0.15, -0.1) is 0 Å². The number of halogens is 5. The number of ether oxygens (including phenoxy) is 1. The number of benzene rings is 3. The lowest BCUT2D eigenvalue weighted by Crippen LogP contribution is -2.06. The Morgan fingerprint density at radius 1 is 0.720 bits per heavy atom. The summed E-state index contributed by atoms with van der Waals surface area (Å²) in [6, 6.07) is 13.8. The van der Waals surface area contributed by atoms with Crippen LogP contribution in [0.15, 0.2) is 54.6 Å². The lowest BCUT2D eigenvalue weighted by molar-refractivity contribution is 0.262. The molecule has 0 atom stereocenters. The van der Waals surface area contributed by atoms with E-state index in [0.717, 1.165) is 0 Å². The van der Waals surface area contributed by atoms with Crippen molar-refractivity contribution < 1.29 is 22.3 Å². The minimum atomic E-state index is -1.58. The lowest BCUT2D eigenvalue weighted by Gasteiger charge is -2.13. The van der Waals surface area contributed by atoms with Crippen LogP contribution in [0.1, 0.15) is 5.56 Å². The molecule has 6 heteroatoms. The third kappa shape index (κ3) is 3.46. The molecule has 0 aliphatic rings. The highest BCUT2D eigenvalue weighted by Crippen LogP contribution is 2.36. The Morgan fingerprint density at radius 2 is 1.28 bits per heavy atom. The highest BCUT2D eigenvalue weighted by molar-refractivity contribution is 6.30. The summed E-state index contributed by atoms with van der Waals surface area (Å²) in [5.41, 5.74) is -0.241. The van der Waals surface area contributed by atoms with E-state index in [-0.39, 0.29) is 12.2 Å². The Bertz CT molecular complexity index is 867. The van der Waals surface area contributed by atoms with E-state index in [4.69, 9.17) is 16.3 Å². The van der Waals surface area contributed by atoms with Gasteiger partial charge in [-0.3, -0.25) is 0 Å². The van der Waals surface area contributed by atoms with Crippen molar-refractivity contribution in [3.8, 4) is 16.9 Å². The topological polar surface area (TPSA) is 9.23 Å². The van der Waals surface area contributed by atoms with Crippen LogP contribution in [-0.4, -0.2) is 0 Å². The second kappa shape index (κ2) is 7.15. The Morgan fingerprint density at radius 3 is 1.84 bits per heavy atom. The quantitative estimate of drug-likeness (QED) is 0.398. The van der Waals surface area contributed by atoms with Crippen LogP contribution in [0.2, 0.25) is 5.02 Å². The summed E-state index contributed by atoms with van der Waals surface area (Å²) in [5.74, 6) is -7.30. The number of hydrogen-bond acceptors (Lipinski definition) is 1. The predicted octanol–water partition coefficient (Wildman–Crippen LogP) is 6.14. The molecule has 0 unspecified atom stereocenters. The normalized spacial score (nSPS) is 10.8. The first kappa shape index (κ1) is 17.3. The molecule has 0 aliphatic heterocycles. The van der Waals surface area contributed by atoms with Crippen LogP contribution >= 0.6 is 11.6 Å². The molecule has 0 saturated heterocycles. The molecule has 0 aromatic heterocycles. The van der Waals surface area contributed by atoms with E-state index in [2.05, 4.69) is 0 Å². The van der Waals surface area contributed by atoms with Gasteiger partial charge in [0.2, 0.25) is 11.6 Å². The van der Waals surface area contributed by atoms with Crippen molar-refractivity contribution in [2.45, 2.75) is 6.61 Å². The van der Waals surface area contributed by atoms with Gasteiger partial charge in [-0.25, -0.2) is 8.78 Å². The molecule has 0 N–H and O–H groups in total. The van der Waals surface area contributed by atoms with Gasteiger partial charge < -0.3 is 4.74 Å². The first-order valence-electron chi connectivity index (χ1n) is 7.27. The zero-order valence-electron chi connectivity index (χ0n) is 12.7. The van der Waals surface area contributed by atoms with Crippen molar-refractivity contribution in [1.82, 2.24) is 0 Å². The molecule has 3 rings (SSSR count). The molecule has 0 heterocycles. The Balaban J connectivity index is 2.00. The first-order chi connectivity index (χ1) is 12.0. The molecule has 0 fully saturated rings. The van der Waals surface area contributed by atoms with Crippen molar-refractivity contribution in [3.63, 3.8) is 0 Å².